The summed E-state index contributed by atoms with van der Waals surface area (Å²) < 4.78 is 2.29. The Morgan fingerprint density at radius 1 is 0.967 bits per heavy atom. The summed E-state index contributed by atoms with van der Waals surface area (Å²) in [5, 5.41) is 10.6. The zero-order valence-electron chi connectivity index (χ0n) is 19.0. The molecule has 0 aromatic carbocycles. The molecule has 1 N–H and O–H groups in total. The first kappa shape index (κ1) is 19.3. The third-order valence-corrected chi connectivity index (χ3v) is 10.3. The van der Waals surface area contributed by atoms with Crippen molar-refractivity contribution >= 4 is 5.65 Å². The number of hydrogen-bond donors (Lipinski definition) is 1. The van der Waals surface area contributed by atoms with Crippen LogP contribution in [0, 0.1) is 41.9 Å². The van der Waals surface area contributed by atoms with E-state index in [2.05, 4.69) is 49.6 Å². The standard InChI is InChI=1S/C27H38N2O/c1-17-5-4-6-25-28-24(16-29(17)25)23-10-9-22-21-8-7-18-15-26(2,30)13-11-19(18)20(21)12-14-27(22,23)3/h4-6,16,18-23,30H,7-15H2,1-3H3/t18-,19+,20-,21?,22+,23-,26-,27+/m1/s1. The quantitative estimate of drug-likeness (QED) is 0.618. The minimum Gasteiger partial charge on any atom is -0.390 e. The summed E-state index contributed by atoms with van der Waals surface area (Å²) in [5.41, 5.74) is 3.74. The van der Waals surface area contributed by atoms with E-state index in [1.807, 2.05) is 0 Å². The molecule has 3 nitrogen and oxygen atoms in total. The Kier molecular flexibility index (Phi) is 4.24. The van der Waals surface area contributed by atoms with E-state index in [0.717, 1.165) is 48.1 Å². The van der Waals surface area contributed by atoms with Gasteiger partial charge in [0.15, 0.2) is 0 Å². The fourth-order valence-corrected chi connectivity index (χ4v) is 8.90. The zero-order valence-corrected chi connectivity index (χ0v) is 19.0. The molecule has 2 aromatic heterocycles. The second-order valence-corrected chi connectivity index (χ2v) is 11.9. The number of pyridine rings is 1. The highest BCUT2D eigenvalue weighted by Crippen LogP contribution is 2.66. The van der Waals surface area contributed by atoms with Gasteiger partial charge in [-0.05, 0) is 119 Å². The Labute approximate surface area is 181 Å². The number of imidazole rings is 1. The normalized spacial score (nSPS) is 45.7. The molecule has 2 aromatic rings. The van der Waals surface area contributed by atoms with Gasteiger partial charge in [0.05, 0.1) is 11.3 Å². The van der Waals surface area contributed by atoms with Crippen LogP contribution in [0.3, 0.4) is 0 Å². The number of fused-ring (bicyclic) bond motifs is 6. The Balaban J connectivity index is 1.28. The third-order valence-electron chi connectivity index (χ3n) is 10.3. The molecule has 4 aliphatic rings. The van der Waals surface area contributed by atoms with Crippen molar-refractivity contribution in [1.29, 1.82) is 0 Å². The SMILES string of the molecule is Cc1cccc2nc([C@H]3CC[C@H]4C5CC[C@@H]6C[C@](C)(O)CC[C@@H]6[C@H]5CC[C@]34C)cn12. The van der Waals surface area contributed by atoms with Crippen molar-refractivity contribution in [3.8, 4) is 0 Å². The smallest absolute Gasteiger partial charge is 0.137 e. The Bertz CT molecular complexity index is 961. The molecule has 0 spiro atoms. The maximum absolute atomic E-state index is 10.6. The van der Waals surface area contributed by atoms with E-state index < -0.39 is 5.60 Å². The van der Waals surface area contributed by atoms with Crippen LogP contribution in [0.25, 0.3) is 5.65 Å². The van der Waals surface area contributed by atoms with E-state index in [0.29, 0.717) is 11.3 Å². The van der Waals surface area contributed by atoms with E-state index in [-0.39, 0.29) is 0 Å². The molecule has 4 fully saturated rings. The summed E-state index contributed by atoms with van der Waals surface area (Å²) >= 11 is 0. The van der Waals surface area contributed by atoms with Crippen molar-refractivity contribution in [3.05, 3.63) is 35.8 Å². The zero-order chi connectivity index (χ0) is 20.7. The number of aromatic nitrogens is 2. The highest BCUT2D eigenvalue weighted by molar-refractivity contribution is 5.43. The van der Waals surface area contributed by atoms with Gasteiger partial charge in [0.1, 0.15) is 5.65 Å². The largest absolute Gasteiger partial charge is 0.390 e. The molecule has 4 aliphatic carbocycles. The lowest BCUT2D eigenvalue weighted by atomic mass is 9.49. The molecule has 4 saturated carbocycles. The summed E-state index contributed by atoms with van der Waals surface area (Å²) in [4.78, 5) is 5.11. The van der Waals surface area contributed by atoms with Gasteiger partial charge >= 0.3 is 0 Å². The molecule has 0 saturated heterocycles. The van der Waals surface area contributed by atoms with Gasteiger partial charge in [0.25, 0.3) is 0 Å². The van der Waals surface area contributed by atoms with Crippen LogP contribution in [0.1, 0.15) is 88.9 Å². The number of aryl methyl sites for hydroxylation is 1. The van der Waals surface area contributed by atoms with Crippen molar-refractivity contribution < 1.29 is 5.11 Å². The number of aliphatic hydroxyl groups is 1. The molecule has 3 heteroatoms. The lowest BCUT2D eigenvalue weighted by Crippen LogP contribution is -2.50. The van der Waals surface area contributed by atoms with Crippen molar-refractivity contribution in [1.82, 2.24) is 9.38 Å². The molecule has 8 atom stereocenters. The molecule has 30 heavy (non-hydrogen) atoms. The van der Waals surface area contributed by atoms with Crippen molar-refractivity contribution in [3.63, 3.8) is 0 Å². The summed E-state index contributed by atoms with van der Waals surface area (Å²) in [6, 6.07) is 6.47. The van der Waals surface area contributed by atoms with E-state index in [4.69, 9.17) is 4.98 Å². The summed E-state index contributed by atoms with van der Waals surface area (Å²) in [6.07, 6.45) is 13.9. The molecule has 0 amide bonds. The highest BCUT2D eigenvalue weighted by atomic mass is 16.3. The minimum absolute atomic E-state index is 0.406. The third kappa shape index (κ3) is 2.76. The summed E-state index contributed by atoms with van der Waals surface area (Å²) in [6.45, 7) is 6.87. The first-order valence-electron chi connectivity index (χ1n) is 12.5. The fourth-order valence-electron chi connectivity index (χ4n) is 8.90. The first-order valence-corrected chi connectivity index (χ1v) is 12.5. The van der Waals surface area contributed by atoms with E-state index in [1.165, 1.54) is 56.3 Å². The average Bonchev–Trinajstić information content (AvgIpc) is 3.28. The maximum Gasteiger partial charge on any atom is 0.137 e. The van der Waals surface area contributed by atoms with Crippen LogP contribution in [0.4, 0.5) is 0 Å². The van der Waals surface area contributed by atoms with E-state index >= 15 is 0 Å². The van der Waals surface area contributed by atoms with Gasteiger partial charge in [-0.25, -0.2) is 4.98 Å². The molecule has 1 unspecified atom stereocenters. The van der Waals surface area contributed by atoms with Gasteiger partial charge in [-0.1, -0.05) is 13.0 Å². The van der Waals surface area contributed by atoms with Crippen LogP contribution in [-0.4, -0.2) is 20.1 Å². The van der Waals surface area contributed by atoms with Gasteiger partial charge in [0, 0.05) is 17.8 Å². The van der Waals surface area contributed by atoms with Crippen molar-refractivity contribution in [2.75, 3.05) is 0 Å². The first-order chi connectivity index (χ1) is 14.4. The molecule has 6 rings (SSSR count). The molecule has 0 aliphatic heterocycles. The van der Waals surface area contributed by atoms with Gasteiger partial charge in [-0.2, -0.15) is 0 Å². The second-order valence-electron chi connectivity index (χ2n) is 11.9. The predicted molar refractivity (Wildman–Crippen MR) is 120 cm³/mol. The monoisotopic (exact) mass is 406 g/mol. The van der Waals surface area contributed by atoms with E-state index in [1.54, 1.807) is 0 Å². The maximum atomic E-state index is 10.6. The highest BCUT2D eigenvalue weighted by Gasteiger charge is 2.58. The summed E-state index contributed by atoms with van der Waals surface area (Å²) in [7, 11) is 0. The van der Waals surface area contributed by atoms with Gasteiger partial charge in [-0.15, -0.1) is 0 Å². The van der Waals surface area contributed by atoms with Crippen LogP contribution >= 0.6 is 0 Å². The summed E-state index contributed by atoms with van der Waals surface area (Å²) in [5.74, 6) is 4.98. The fraction of sp³-hybridized carbons (Fsp3) is 0.741. The lowest BCUT2D eigenvalue weighted by Gasteiger charge is -2.57. The molecule has 2 heterocycles. The van der Waals surface area contributed by atoms with Gasteiger partial charge in [0.2, 0.25) is 0 Å². The van der Waals surface area contributed by atoms with Crippen molar-refractivity contribution in [2.24, 2.45) is 35.0 Å². The average molecular weight is 407 g/mol. The molecule has 162 valence electrons. The number of nitrogens with zero attached hydrogens (tertiary/aromatic N) is 2. The van der Waals surface area contributed by atoms with Crippen LogP contribution in [0.5, 0.6) is 0 Å². The number of rotatable bonds is 1. The molecular weight excluding hydrogens is 368 g/mol. The van der Waals surface area contributed by atoms with Crippen LogP contribution in [0.15, 0.2) is 24.4 Å². The van der Waals surface area contributed by atoms with Gasteiger partial charge < -0.3 is 9.51 Å². The predicted octanol–water partition coefficient (Wildman–Crippen LogP) is 6.13. The Hall–Kier alpha value is -1.35. The molecule has 0 radical (unpaired) electrons. The topological polar surface area (TPSA) is 37.5 Å². The molecule has 0 bridgehead atoms. The van der Waals surface area contributed by atoms with Crippen molar-refractivity contribution in [2.45, 2.75) is 90.1 Å². The lowest BCUT2D eigenvalue weighted by molar-refractivity contribution is -0.0959. The van der Waals surface area contributed by atoms with Crippen LogP contribution in [0.2, 0.25) is 0 Å². The number of hydrogen-bond acceptors (Lipinski definition) is 2. The van der Waals surface area contributed by atoms with Crippen LogP contribution < -0.4 is 0 Å². The Morgan fingerprint density at radius 2 is 1.80 bits per heavy atom. The molecular formula is C27H38N2O. The second kappa shape index (κ2) is 6.58. The van der Waals surface area contributed by atoms with Crippen LogP contribution in [-0.2, 0) is 0 Å². The Morgan fingerprint density at radius 3 is 2.63 bits per heavy atom. The van der Waals surface area contributed by atoms with Gasteiger partial charge in [-0.3, -0.25) is 0 Å². The van der Waals surface area contributed by atoms with E-state index in [9.17, 15) is 5.11 Å². The minimum atomic E-state index is -0.406.